The van der Waals surface area contributed by atoms with E-state index in [0.717, 1.165) is 16.9 Å². The fourth-order valence-corrected chi connectivity index (χ4v) is 2.79. The van der Waals surface area contributed by atoms with E-state index in [-0.39, 0.29) is 30.6 Å². The number of benzene rings is 1. The highest BCUT2D eigenvalue weighted by Crippen LogP contribution is 2.16. The first-order chi connectivity index (χ1) is 15.4. The number of halogens is 4. The van der Waals surface area contributed by atoms with E-state index in [1.165, 1.54) is 0 Å². The second-order valence-corrected chi connectivity index (χ2v) is 6.97. The summed E-state index contributed by atoms with van der Waals surface area (Å²) in [6.07, 6.45) is 2.68. The van der Waals surface area contributed by atoms with Crippen LogP contribution in [0.5, 0.6) is 0 Å². The molecule has 0 unspecified atom stereocenters. The van der Waals surface area contributed by atoms with Crippen LogP contribution in [0.2, 0.25) is 0 Å². The second kappa shape index (κ2) is 13.1. The maximum absolute atomic E-state index is 12.2. The Morgan fingerprint density at radius 1 is 1.06 bits per heavy atom. The van der Waals surface area contributed by atoms with Gasteiger partial charge in [0.25, 0.3) is 0 Å². The number of hydrogen-bond acceptors (Lipinski definition) is 4. The molecular weight excluding hydrogens is 548 g/mol. The number of alkyl halides is 3. The lowest BCUT2D eigenvalue weighted by atomic mass is 10.1. The molecule has 2 heterocycles. The number of hydrogen-bond donors (Lipinski definition) is 2. The number of nitrogens with one attached hydrogen (secondary N) is 2. The van der Waals surface area contributed by atoms with Gasteiger partial charge in [-0.05, 0) is 29.7 Å². The highest BCUT2D eigenvalue weighted by atomic mass is 127. The maximum Gasteiger partial charge on any atom is 0.411 e. The summed E-state index contributed by atoms with van der Waals surface area (Å²) in [7, 11) is 0. The zero-order valence-corrected chi connectivity index (χ0v) is 20.4. The van der Waals surface area contributed by atoms with Crippen molar-refractivity contribution in [2.75, 3.05) is 13.2 Å². The van der Waals surface area contributed by atoms with E-state index in [0.29, 0.717) is 31.2 Å². The number of pyridine rings is 1. The van der Waals surface area contributed by atoms with E-state index in [1.807, 2.05) is 42.0 Å². The van der Waals surface area contributed by atoms with Crippen LogP contribution in [0.25, 0.3) is 5.82 Å². The van der Waals surface area contributed by atoms with E-state index in [2.05, 4.69) is 30.3 Å². The Bertz CT molecular complexity index is 977. The van der Waals surface area contributed by atoms with Crippen LogP contribution in [0.15, 0.2) is 66.3 Å². The van der Waals surface area contributed by atoms with Gasteiger partial charge < -0.3 is 15.4 Å². The van der Waals surface area contributed by atoms with Gasteiger partial charge in [0.05, 0.1) is 13.2 Å². The largest absolute Gasteiger partial charge is 0.411 e. The van der Waals surface area contributed by atoms with Crippen LogP contribution in [0.4, 0.5) is 13.2 Å². The summed E-state index contributed by atoms with van der Waals surface area (Å²) >= 11 is 0. The van der Waals surface area contributed by atoms with Gasteiger partial charge in [-0.1, -0.05) is 30.3 Å². The zero-order chi connectivity index (χ0) is 22.8. The molecule has 7 nitrogen and oxygen atoms in total. The number of nitrogens with zero attached hydrogens (tertiary/aromatic N) is 4. The molecular formula is C22H26F3IN6O. The Hall–Kier alpha value is -2.67. The van der Waals surface area contributed by atoms with Gasteiger partial charge in [-0.3, -0.25) is 4.57 Å². The molecule has 3 rings (SSSR count). The highest BCUT2D eigenvalue weighted by molar-refractivity contribution is 14.0. The standard InChI is InChI=1S/C22H25F3N6O.HI/c1-2-27-21(30-13-19-7-8-20(28-12-19)31-10-9-26-16-31)29-11-17-3-5-18(6-4-17)14-32-15-22(23,24)25;/h3-10,12,16H,2,11,13-15H2,1H3,(H2,27,29,30);1H. The normalized spacial score (nSPS) is 11.7. The van der Waals surface area contributed by atoms with Gasteiger partial charge >= 0.3 is 6.18 Å². The van der Waals surface area contributed by atoms with Crippen molar-refractivity contribution in [2.24, 2.45) is 4.99 Å². The molecule has 0 fully saturated rings. The smallest absolute Gasteiger partial charge is 0.367 e. The first kappa shape index (κ1) is 26.6. The first-order valence-corrected chi connectivity index (χ1v) is 10.1. The van der Waals surface area contributed by atoms with Gasteiger partial charge in [0.2, 0.25) is 0 Å². The molecule has 0 aliphatic carbocycles. The lowest BCUT2D eigenvalue weighted by Gasteiger charge is -2.12. The number of rotatable bonds is 9. The van der Waals surface area contributed by atoms with Crippen molar-refractivity contribution in [3.8, 4) is 5.82 Å². The van der Waals surface area contributed by atoms with Gasteiger partial charge in [-0.2, -0.15) is 13.2 Å². The van der Waals surface area contributed by atoms with Crippen LogP contribution < -0.4 is 10.6 Å². The van der Waals surface area contributed by atoms with Crippen molar-refractivity contribution in [1.29, 1.82) is 0 Å². The number of ether oxygens (including phenoxy) is 1. The zero-order valence-electron chi connectivity index (χ0n) is 18.0. The fraction of sp³-hybridized carbons (Fsp3) is 0.318. The summed E-state index contributed by atoms with van der Waals surface area (Å²) in [6, 6.07) is 11.1. The van der Waals surface area contributed by atoms with E-state index in [1.54, 1.807) is 30.9 Å². The molecule has 0 atom stereocenters. The summed E-state index contributed by atoms with van der Waals surface area (Å²) in [5, 5.41) is 6.44. The van der Waals surface area contributed by atoms with E-state index < -0.39 is 12.8 Å². The molecule has 0 spiro atoms. The van der Waals surface area contributed by atoms with Gasteiger partial charge in [0, 0.05) is 31.7 Å². The third-order valence-electron chi connectivity index (χ3n) is 4.36. The van der Waals surface area contributed by atoms with Crippen LogP contribution in [-0.2, 0) is 24.4 Å². The topological polar surface area (TPSA) is 76.4 Å². The molecule has 0 aliphatic heterocycles. The molecule has 0 amide bonds. The summed E-state index contributed by atoms with van der Waals surface area (Å²) < 4.78 is 43.0. The summed E-state index contributed by atoms with van der Waals surface area (Å²) in [4.78, 5) is 13.0. The van der Waals surface area contributed by atoms with Gasteiger partial charge in [-0.25, -0.2) is 15.0 Å². The average molecular weight is 574 g/mol. The Morgan fingerprint density at radius 3 is 2.39 bits per heavy atom. The third-order valence-corrected chi connectivity index (χ3v) is 4.36. The summed E-state index contributed by atoms with van der Waals surface area (Å²) in [5.41, 5.74) is 2.63. The maximum atomic E-state index is 12.2. The molecule has 0 saturated heterocycles. The van der Waals surface area contributed by atoms with Gasteiger partial charge in [0.15, 0.2) is 5.96 Å². The number of aromatic nitrogens is 3. The fourth-order valence-electron chi connectivity index (χ4n) is 2.79. The molecule has 1 aromatic carbocycles. The van der Waals surface area contributed by atoms with E-state index >= 15 is 0 Å². The molecule has 0 aliphatic rings. The molecule has 3 aromatic rings. The SMILES string of the molecule is CCNC(=NCc1ccc(-n2ccnc2)nc1)NCc1ccc(COCC(F)(F)F)cc1.I. The lowest BCUT2D eigenvalue weighted by molar-refractivity contribution is -0.176. The van der Waals surface area contributed by atoms with E-state index in [9.17, 15) is 13.2 Å². The van der Waals surface area contributed by atoms with Crippen molar-refractivity contribution in [1.82, 2.24) is 25.2 Å². The van der Waals surface area contributed by atoms with E-state index in [4.69, 9.17) is 0 Å². The summed E-state index contributed by atoms with van der Waals surface area (Å²) in [5.74, 6) is 1.44. The van der Waals surface area contributed by atoms with Crippen molar-refractivity contribution in [2.45, 2.75) is 32.8 Å². The molecule has 2 N–H and O–H groups in total. The Morgan fingerprint density at radius 2 is 1.79 bits per heavy atom. The number of guanidine groups is 1. The number of imidazole rings is 1. The molecule has 0 saturated carbocycles. The molecule has 178 valence electrons. The predicted molar refractivity (Wildman–Crippen MR) is 131 cm³/mol. The molecule has 0 radical (unpaired) electrons. The molecule has 2 aromatic heterocycles. The lowest BCUT2D eigenvalue weighted by Crippen LogP contribution is -2.36. The molecule has 11 heteroatoms. The molecule has 0 bridgehead atoms. The van der Waals surface area contributed by atoms with Crippen LogP contribution >= 0.6 is 24.0 Å². The quantitative estimate of drug-likeness (QED) is 0.228. The average Bonchev–Trinajstić information content (AvgIpc) is 3.31. The van der Waals surface area contributed by atoms with Crippen LogP contribution in [-0.4, -0.2) is 39.8 Å². The van der Waals surface area contributed by atoms with Crippen molar-refractivity contribution in [3.63, 3.8) is 0 Å². The van der Waals surface area contributed by atoms with Gasteiger partial charge in [0.1, 0.15) is 18.8 Å². The minimum absolute atomic E-state index is 0. The van der Waals surface area contributed by atoms with Crippen LogP contribution in [0.1, 0.15) is 23.6 Å². The second-order valence-electron chi connectivity index (χ2n) is 6.97. The van der Waals surface area contributed by atoms with Crippen molar-refractivity contribution < 1.29 is 17.9 Å². The Labute approximate surface area is 207 Å². The van der Waals surface area contributed by atoms with Crippen molar-refractivity contribution >= 4 is 29.9 Å². The van der Waals surface area contributed by atoms with Crippen molar-refractivity contribution in [3.05, 3.63) is 78.0 Å². The highest BCUT2D eigenvalue weighted by Gasteiger charge is 2.27. The minimum atomic E-state index is -4.32. The van der Waals surface area contributed by atoms with Crippen LogP contribution in [0, 0.1) is 0 Å². The minimum Gasteiger partial charge on any atom is -0.367 e. The van der Waals surface area contributed by atoms with Gasteiger partial charge in [-0.15, -0.1) is 24.0 Å². The monoisotopic (exact) mass is 574 g/mol. The number of aliphatic imine (C=N–C) groups is 1. The predicted octanol–water partition coefficient (Wildman–Crippen LogP) is 4.22. The Balaban J connectivity index is 0.00000385. The van der Waals surface area contributed by atoms with Crippen LogP contribution in [0.3, 0.4) is 0 Å². The third kappa shape index (κ3) is 9.38. The summed E-state index contributed by atoms with van der Waals surface area (Å²) in [6.45, 7) is 2.34. The Kier molecular flexibility index (Phi) is 10.6. The molecule has 33 heavy (non-hydrogen) atoms. The first-order valence-electron chi connectivity index (χ1n) is 10.1.